The van der Waals surface area contributed by atoms with Gasteiger partial charge in [0.1, 0.15) is 17.1 Å². The molecule has 2 aromatic carbocycles. The highest BCUT2D eigenvalue weighted by Crippen LogP contribution is 2.27. The first-order chi connectivity index (χ1) is 9.74. The summed E-state index contributed by atoms with van der Waals surface area (Å²) in [6, 6.07) is 14.1. The second kappa shape index (κ2) is 6.73. The Bertz CT molecular complexity index is 578. The maximum atomic E-state index is 11.9. The molecule has 1 N–H and O–H groups in total. The molecule has 0 atom stereocenters. The second-order valence-electron chi connectivity index (χ2n) is 4.12. The second-order valence-corrected chi connectivity index (χ2v) is 4.12. The van der Waals surface area contributed by atoms with Gasteiger partial charge in [0, 0.05) is 0 Å². The summed E-state index contributed by atoms with van der Waals surface area (Å²) in [7, 11) is 0. The molecule has 0 radical (unpaired) electrons. The number of esters is 1. The van der Waals surface area contributed by atoms with E-state index >= 15 is 0 Å². The summed E-state index contributed by atoms with van der Waals surface area (Å²) >= 11 is 0. The molecule has 2 aromatic rings. The maximum Gasteiger partial charge on any atom is 0.341 e. The molecule has 0 amide bonds. The molecule has 0 saturated carbocycles. The normalized spacial score (nSPS) is 10.1. The number of benzene rings is 2. The van der Waals surface area contributed by atoms with E-state index in [9.17, 15) is 9.90 Å². The third-order valence-electron chi connectivity index (χ3n) is 2.69. The molecule has 4 nitrogen and oxygen atoms in total. The zero-order chi connectivity index (χ0) is 14.4. The van der Waals surface area contributed by atoms with E-state index in [0.717, 1.165) is 0 Å². The van der Waals surface area contributed by atoms with Gasteiger partial charge in [0.05, 0.1) is 13.2 Å². The molecule has 0 aromatic heterocycles. The van der Waals surface area contributed by atoms with Crippen molar-refractivity contribution in [3.05, 3.63) is 59.7 Å². The van der Waals surface area contributed by atoms with Crippen LogP contribution in [0.1, 0.15) is 22.8 Å². The highest BCUT2D eigenvalue weighted by atomic mass is 16.5. The van der Waals surface area contributed by atoms with Gasteiger partial charge in [0.2, 0.25) is 0 Å². The summed E-state index contributed by atoms with van der Waals surface area (Å²) in [6.45, 7) is 1.93. The van der Waals surface area contributed by atoms with Crippen molar-refractivity contribution in [1.29, 1.82) is 0 Å². The lowest BCUT2D eigenvalue weighted by molar-refractivity contribution is 0.0523. The first-order valence-electron chi connectivity index (χ1n) is 6.38. The molecule has 0 aliphatic carbocycles. The Balaban J connectivity index is 2.34. The first kappa shape index (κ1) is 14.1. The Kier molecular flexibility index (Phi) is 4.74. The average molecular weight is 272 g/mol. The lowest BCUT2D eigenvalue weighted by Gasteiger charge is -2.11. The Morgan fingerprint density at radius 2 is 1.90 bits per heavy atom. The summed E-state index contributed by atoms with van der Waals surface area (Å²) < 4.78 is 10.7. The van der Waals surface area contributed by atoms with E-state index in [1.54, 1.807) is 37.3 Å². The molecular formula is C16H16O4. The highest BCUT2D eigenvalue weighted by molar-refractivity contribution is 5.92. The van der Waals surface area contributed by atoms with E-state index < -0.39 is 5.97 Å². The van der Waals surface area contributed by atoms with Crippen LogP contribution >= 0.6 is 0 Å². The lowest BCUT2D eigenvalue weighted by atomic mass is 10.1. The molecule has 104 valence electrons. The molecular weight excluding hydrogens is 256 g/mol. The van der Waals surface area contributed by atoms with Crippen LogP contribution in [0.4, 0.5) is 0 Å². The van der Waals surface area contributed by atoms with Gasteiger partial charge < -0.3 is 14.6 Å². The molecule has 0 saturated heterocycles. The summed E-state index contributed by atoms with van der Waals surface area (Å²) in [5, 5.41) is 9.19. The van der Waals surface area contributed by atoms with Crippen molar-refractivity contribution in [3.63, 3.8) is 0 Å². The standard InChI is InChI=1S/C16H16O4/c1-2-19-16(18)14-9-8-12(11-17)10-15(14)20-13-6-4-3-5-7-13/h3-10,17H,2,11H2,1H3. The quantitative estimate of drug-likeness (QED) is 0.849. The first-order valence-corrected chi connectivity index (χ1v) is 6.38. The number of ether oxygens (including phenoxy) is 2. The summed E-state index contributed by atoms with van der Waals surface area (Å²) in [5.41, 5.74) is 1.01. The Hall–Kier alpha value is -2.33. The Morgan fingerprint density at radius 1 is 1.15 bits per heavy atom. The van der Waals surface area contributed by atoms with Crippen LogP contribution in [0.15, 0.2) is 48.5 Å². The number of carbonyl (C=O) groups excluding carboxylic acids is 1. The van der Waals surface area contributed by atoms with Gasteiger partial charge in [-0.15, -0.1) is 0 Å². The van der Waals surface area contributed by atoms with Crippen molar-refractivity contribution in [2.75, 3.05) is 6.61 Å². The average Bonchev–Trinajstić information content (AvgIpc) is 2.48. The molecule has 2 rings (SSSR count). The minimum atomic E-state index is -0.442. The van der Waals surface area contributed by atoms with E-state index in [4.69, 9.17) is 9.47 Å². The fraction of sp³-hybridized carbons (Fsp3) is 0.188. The van der Waals surface area contributed by atoms with E-state index in [1.807, 2.05) is 18.2 Å². The largest absolute Gasteiger partial charge is 0.462 e. The summed E-state index contributed by atoms with van der Waals surface area (Å²) in [4.78, 5) is 11.9. The molecule has 20 heavy (non-hydrogen) atoms. The third kappa shape index (κ3) is 3.36. The van der Waals surface area contributed by atoms with Gasteiger partial charge in [0.25, 0.3) is 0 Å². The molecule has 0 fully saturated rings. The molecule has 4 heteroatoms. The van der Waals surface area contributed by atoms with Gasteiger partial charge >= 0.3 is 5.97 Å². The number of rotatable bonds is 5. The molecule has 0 aliphatic rings. The monoisotopic (exact) mass is 272 g/mol. The van der Waals surface area contributed by atoms with E-state index in [-0.39, 0.29) is 6.61 Å². The van der Waals surface area contributed by atoms with Gasteiger partial charge in [-0.3, -0.25) is 0 Å². The SMILES string of the molecule is CCOC(=O)c1ccc(CO)cc1Oc1ccccc1. The number of aliphatic hydroxyl groups is 1. The van der Waals surface area contributed by atoms with Gasteiger partial charge in [-0.2, -0.15) is 0 Å². The zero-order valence-electron chi connectivity index (χ0n) is 11.2. The fourth-order valence-corrected chi connectivity index (χ4v) is 1.74. The number of para-hydroxylation sites is 1. The van der Waals surface area contributed by atoms with Crippen molar-refractivity contribution in [1.82, 2.24) is 0 Å². The van der Waals surface area contributed by atoms with E-state index in [2.05, 4.69) is 0 Å². The van der Waals surface area contributed by atoms with E-state index in [1.165, 1.54) is 0 Å². The third-order valence-corrected chi connectivity index (χ3v) is 2.69. The topological polar surface area (TPSA) is 55.8 Å². The van der Waals surface area contributed by atoms with Crippen LogP contribution in [0.25, 0.3) is 0 Å². The van der Waals surface area contributed by atoms with Gasteiger partial charge in [-0.25, -0.2) is 4.79 Å². The number of carbonyl (C=O) groups is 1. The smallest absolute Gasteiger partial charge is 0.341 e. The van der Waals surface area contributed by atoms with Gasteiger partial charge in [-0.1, -0.05) is 24.3 Å². The minimum absolute atomic E-state index is 0.117. The van der Waals surface area contributed by atoms with Crippen LogP contribution in [0, 0.1) is 0 Å². The van der Waals surface area contributed by atoms with Crippen molar-refractivity contribution in [2.45, 2.75) is 13.5 Å². The molecule has 0 bridgehead atoms. The van der Waals surface area contributed by atoms with Crippen LogP contribution in [-0.2, 0) is 11.3 Å². The fourth-order valence-electron chi connectivity index (χ4n) is 1.74. The van der Waals surface area contributed by atoms with Crippen molar-refractivity contribution >= 4 is 5.97 Å². The van der Waals surface area contributed by atoms with Gasteiger partial charge in [0.15, 0.2) is 0 Å². The van der Waals surface area contributed by atoms with Crippen LogP contribution in [0.5, 0.6) is 11.5 Å². The van der Waals surface area contributed by atoms with Crippen LogP contribution < -0.4 is 4.74 Å². The van der Waals surface area contributed by atoms with Crippen molar-refractivity contribution in [3.8, 4) is 11.5 Å². The molecule has 0 spiro atoms. The predicted octanol–water partition coefficient (Wildman–Crippen LogP) is 3.15. The summed E-state index contributed by atoms with van der Waals surface area (Å²) in [5.74, 6) is 0.553. The number of hydrogen-bond acceptors (Lipinski definition) is 4. The van der Waals surface area contributed by atoms with Crippen LogP contribution in [0.2, 0.25) is 0 Å². The number of aliphatic hydroxyl groups excluding tert-OH is 1. The Morgan fingerprint density at radius 3 is 2.55 bits per heavy atom. The lowest BCUT2D eigenvalue weighted by Crippen LogP contribution is -2.07. The predicted molar refractivity (Wildman–Crippen MR) is 74.8 cm³/mol. The van der Waals surface area contributed by atoms with Crippen molar-refractivity contribution < 1.29 is 19.4 Å². The highest BCUT2D eigenvalue weighted by Gasteiger charge is 2.15. The molecule has 0 unspecified atom stereocenters. The van der Waals surface area contributed by atoms with Gasteiger partial charge in [-0.05, 0) is 36.8 Å². The Labute approximate surface area is 117 Å². The maximum absolute atomic E-state index is 11.9. The molecule has 0 heterocycles. The minimum Gasteiger partial charge on any atom is -0.462 e. The van der Waals surface area contributed by atoms with Crippen LogP contribution in [0.3, 0.4) is 0 Å². The number of hydrogen-bond donors (Lipinski definition) is 1. The van der Waals surface area contributed by atoms with Crippen LogP contribution in [-0.4, -0.2) is 17.7 Å². The zero-order valence-corrected chi connectivity index (χ0v) is 11.2. The molecule has 0 aliphatic heterocycles. The summed E-state index contributed by atoms with van der Waals surface area (Å²) in [6.07, 6.45) is 0. The van der Waals surface area contributed by atoms with E-state index in [0.29, 0.717) is 29.2 Å². The van der Waals surface area contributed by atoms with Crippen molar-refractivity contribution in [2.24, 2.45) is 0 Å².